The van der Waals surface area contributed by atoms with Crippen molar-refractivity contribution in [2.45, 2.75) is 19.1 Å². The van der Waals surface area contributed by atoms with Crippen molar-refractivity contribution in [1.82, 2.24) is 0 Å². The van der Waals surface area contributed by atoms with E-state index in [0.717, 1.165) is 12.0 Å². The van der Waals surface area contributed by atoms with E-state index in [-0.39, 0.29) is 18.5 Å². The Labute approximate surface area is 101 Å². The Morgan fingerprint density at radius 3 is 2.88 bits per heavy atom. The highest BCUT2D eigenvalue weighted by atomic mass is 16.5. The Balaban J connectivity index is 1.80. The van der Waals surface area contributed by atoms with Gasteiger partial charge >= 0.3 is 5.97 Å². The van der Waals surface area contributed by atoms with E-state index in [1.807, 2.05) is 30.3 Å². The highest BCUT2D eigenvalue weighted by molar-refractivity contribution is 5.75. The highest BCUT2D eigenvalue weighted by Crippen LogP contribution is 2.16. The maximum atomic E-state index is 11.7. The molecular weight excluding hydrogens is 218 g/mol. The summed E-state index contributed by atoms with van der Waals surface area (Å²) < 4.78 is 10.4. The van der Waals surface area contributed by atoms with Gasteiger partial charge in [0.2, 0.25) is 0 Å². The summed E-state index contributed by atoms with van der Waals surface area (Å²) in [5.41, 5.74) is 6.80. The molecule has 92 valence electrons. The molecule has 1 unspecified atom stereocenters. The van der Waals surface area contributed by atoms with Crippen LogP contribution in [0.15, 0.2) is 30.3 Å². The van der Waals surface area contributed by atoms with Crippen molar-refractivity contribution in [2.24, 2.45) is 11.7 Å². The van der Waals surface area contributed by atoms with E-state index < -0.39 is 6.04 Å². The Bertz CT molecular complexity index is 360. The van der Waals surface area contributed by atoms with E-state index in [2.05, 4.69) is 0 Å². The van der Waals surface area contributed by atoms with Gasteiger partial charge in [-0.05, 0) is 12.0 Å². The number of carbonyl (C=O) groups is 1. The van der Waals surface area contributed by atoms with Gasteiger partial charge < -0.3 is 15.2 Å². The molecule has 0 aromatic heterocycles. The van der Waals surface area contributed by atoms with Crippen LogP contribution in [0.3, 0.4) is 0 Å². The van der Waals surface area contributed by atoms with E-state index in [4.69, 9.17) is 15.2 Å². The summed E-state index contributed by atoms with van der Waals surface area (Å²) in [4.78, 5) is 11.7. The SMILES string of the molecule is N[C@H](C(=O)OCc1ccccc1)C1CCOC1. The predicted octanol–water partition coefficient (Wildman–Crippen LogP) is 1.09. The summed E-state index contributed by atoms with van der Waals surface area (Å²) in [5.74, 6) is -0.248. The van der Waals surface area contributed by atoms with Crippen LogP contribution in [0.2, 0.25) is 0 Å². The van der Waals surface area contributed by atoms with Crippen molar-refractivity contribution in [3.8, 4) is 0 Å². The third kappa shape index (κ3) is 3.28. The van der Waals surface area contributed by atoms with Crippen molar-refractivity contribution in [3.63, 3.8) is 0 Å². The lowest BCUT2D eigenvalue weighted by Crippen LogP contribution is -2.39. The molecule has 1 aliphatic heterocycles. The molecule has 1 aromatic rings. The molecule has 2 N–H and O–H groups in total. The first-order chi connectivity index (χ1) is 8.27. The number of hydrogen-bond donors (Lipinski definition) is 1. The molecule has 0 saturated carbocycles. The number of nitrogens with two attached hydrogens (primary N) is 1. The van der Waals surface area contributed by atoms with Gasteiger partial charge in [-0.15, -0.1) is 0 Å². The minimum absolute atomic E-state index is 0.0956. The standard InChI is InChI=1S/C13H17NO3/c14-12(11-6-7-16-9-11)13(15)17-8-10-4-2-1-3-5-10/h1-5,11-12H,6-9,14H2/t11?,12-/m0/s1. The normalized spacial score (nSPS) is 21.1. The summed E-state index contributed by atoms with van der Waals surface area (Å²) in [6, 6.07) is 9.00. The summed E-state index contributed by atoms with van der Waals surface area (Å²) in [6.45, 7) is 1.52. The number of rotatable bonds is 4. The van der Waals surface area contributed by atoms with E-state index in [9.17, 15) is 4.79 Å². The zero-order chi connectivity index (χ0) is 12.1. The third-order valence-electron chi connectivity index (χ3n) is 2.97. The van der Waals surface area contributed by atoms with Gasteiger partial charge in [-0.2, -0.15) is 0 Å². The molecule has 17 heavy (non-hydrogen) atoms. The average molecular weight is 235 g/mol. The molecule has 1 aromatic carbocycles. The Morgan fingerprint density at radius 2 is 2.24 bits per heavy atom. The van der Waals surface area contributed by atoms with Crippen LogP contribution in [0.5, 0.6) is 0 Å². The number of ether oxygens (including phenoxy) is 2. The quantitative estimate of drug-likeness (QED) is 0.794. The van der Waals surface area contributed by atoms with Crippen LogP contribution in [-0.2, 0) is 20.9 Å². The summed E-state index contributed by atoms with van der Waals surface area (Å²) >= 11 is 0. The van der Waals surface area contributed by atoms with Gasteiger partial charge in [0, 0.05) is 12.5 Å². The molecule has 4 nitrogen and oxygen atoms in total. The number of carbonyl (C=O) groups excluding carboxylic acids is 1. The van der Waals surface area contributed by atoms with Crippen LogP contribution in [0, 0.1) is 5.92 Å². The lowest BCUT2D eigenvalue weighted by atomic mass is 10.0. The third-order valence-corrected chi connectivity index (χ3v) is 2.97. The van der Waals surface area contributed by atoms with Crippen molar-refractivity contribution in [1.29, 1.82) is 0 Å². The van der Waals surface area contributed by atoms with Crippen molar-refractivity contribution in [3.05, 3.63) is 35.9 Å². The molecule has 1 fully saturated rings. The fraction of sp³-hybridized carbons (Fsp3) is 0.462. The Hall–Kier alpha value is -1.39. The van der Waals surface area contributed by atoms with E-state index in [0.29, 0.717) is 13.2 Å². The summed E-state index contributed by atoms with van der Waals surface area (Å²) in [6.07, 6.45) is 0.835. The Kier molecular flexibility index (Phi) is 4.12. The van der Waals surface area contributed by atoms with Gasteiger partial charge in [0.1, 0.15) is 12.6 Å². The summed E-state index contributed by atoms with van der Waals surface area (Å²) in [7, 11) is 0. The van der Waals surface area contributed by atoms with Crippen molar-refractivity contribution in [2.75, 3.05) is 13.2 Å². The van der Waals surface area contributed by atoms with Crippen LogP contribution in [0.25, 0.3) is 0 Å². The molecule has 2 rings (SSSR count). The minimum Gasteiger partial charge on any atom is -0.460 e. The van der Waals surface area contributed by atoms with E-state index in [1.165, 1.54) is 0 Å². The van der Waals surface area contributed by atoms with Gasteiger partial charge in [0.05, 0.1) is 6.61 Å². The molecule has 0 amide bonds. The largest absolute Gasteiger partial charge is 0.460 e. The van der Waals surface area contributed by atoms with Gasteiger partial charge in [0.25, 0.3) is 0 Å². The average Bonchev–Trinajstić information content (AvgIpc) is 2.90. The molecule has 0 spiro atoms. The fourth-order valence-corrected chi connectivity index (χ4v) is 1.85. The zero-order valence-electron chi connectivity index (χ0n) is 9.67. The smallest absolute Gasteiger partial charge is 0.323 e. The van der Waals surface area contributed by atoms with Crippen molar-refractivity contribution < 1.29 is 14.3 Å². The monoisotopic (exact) mass is 235 g/mol. The van der Waals surface area contributed by atoms with Crippen LogP contribution < -0.4 is 5.73 Å². The van der Waals surface area contributed by atoms with Gasteiger partial charge in [-0.25, -0.2) is 0 Å². The predicted molar refractivity (Wildman–Crippen MR) is 63.1 cm³/mol. The van der Waals surface area contributed by atoms with Gasteiger partial charge in [-0.3, -0.25) is 4.79 Å². The van der Waals surface area contributed by atoms with E-state index >= 15 is 0 Å². The molecule has 2 atom stereocenters. The molecule has 0 radical (unpaired) electrons. The highest BCUT2D eigenvalue weighted by Gasteiger charge is 2.29. The van der Waals surface area contributed by atoms with Gasteiger partial charge in [0.15, 0.2) is 0 Å². The van der Waals surface area contributed by atoms with Gasteiger partial charge in [-0.1, -0.05) is 30.3 Å². The maximum absolute atomic E-state index is 11.7. The second kappa shape index (κ2) is 5.80. The number of benzene rings is 1. The topological polar surface area (TPSA) is 61.6 Å². The molecule has 1 aliphatic rings. The van der Waals surface area contributed by atoms with Crippen LogP contribution in [0.4, 0.5) is 0 Å². The lowest BCUT2D eigenvalue weighted by molar-refractivity contribution is -0.148. The first-order valence-electron chi connectivity index (χ1n) is 5.81. The fourth-order valence-electron chi connectivity index (χ4n) is 1.85. The van der Waals surface area contributed by atoms with Crippen LogP contribution in [0.1, 0.15) is 12.0 Å². The zero-order valence-corrected chi connectivity index (χ0v) is 9.67. The van der Waals surface area contributed by atoms with Crippen LogP contribution >= 0.6 is 0 Å². The second-order valence-electron chi connectivity index (χ2n) is 4.24. The van der Waals surface area contributed by atoms with E-state index in [1.54, 1.807) is 0 Å². The number of hydrogen-bond acceptors (Lipinski definition) is 4. The maximum Gasteiger partial charge on any atom is 0.323 e. The molecule has 0 aliphatic carbocycles. The second-order valence-corrected chi connectivity index (χ2v) is 4.24. The molecule has 4 heteroatoms. The molecular formula is C13H17NO3. The lowest BCUT2D eigenvalue weighted by Gasteiger charge is -2.16. The Morgan fingerprint density at radius 1 is 1.47 bits per heavy atom. The number of esters is 1. The molecule has 0 bridgehead atoms. The first-order valence-corrected chi connectivity index (χ1v) is 5.81. The van der Waals surface area contributed by atoms with Crippen molar-refractivity contribution >= 4 is 5.97 Å². The van der Waals surface area contributed by atoms with Crippen LogP contribution in [-0.4, -0.2) is 25.2 Å². The first kappa shape index (κ1) is 12.1. The molecule has 1 heterocycles. The minimum atomic E-state index is -0.568. The summed E-state index contributed by atoms with van der Waals surface area (Å²) in [5, 5.41) is 0. The molecule has 1 saturated heterocycles.